The number of cyclic esters (lactones) is 1. The Hall–Kier alpha value is -13.8. The minimum atomic E-state index is -2.47. The number of para-hydroxylation sites is 2. The van der Waals surface area contributed by atoms with Gasteiger partial charge in [0.25, 0.3) is 0 Å². The lowest BCUT2D eigenvalue weighted by atomic mass is 9.96. The molecule has 44 nitrogen and oxygen atoms in total. The van der Waals surface area contributed by atoms with Gasteiger partial charge in [-0.2, -0.15) is 0 Å². The van der Waals surface area contributed by atoms with Crippen molar-refractivity contribution in [3.05, 3.63) is 107 Å². The topological polar surface area (TPSA) is 715 Å². The predicted molar refractivity (Wildman–Crippen MR) is 409 cm³/mol. The van der Waals surface area contributed by atoms with Crippen LogP contribution in [0.25, 0.3) is 21.5 Å². The maximum atomic E-state index is 14.9. The Kier molecular flexibility index (Phi) is 35.2. The highest BCUT2D eigenvalue weighted by atomic mass is 32.1. The van der Waals surface area contributed by atoms with Crippen LogP contribution in [0.4, 0.5) is 5.69 Å². The second kappa shape index (κ2) is 44.7. The first-order valence-corrected chi connectivity index (χ1v) is 37.2. The molecule has 14 amide bonds. The normalized spacial score (nSPS) is 20.9. The lowest BCUT2D eigenvalue weighted by Crippen LogP contribution is -2.62. The molecule has 3 aromatic carbocycles. The molecule has 1 fully saturated rings. The van der Waals surface area contributed by atoms with Gasteiger partial charge < -0.3 is 122 Å². The maximum absolute atomic E-state index is 14.9. The van der Waals surface area contributed by atoms with Gasteiger partial charge in [0.2, 0.25) is 82.7 Å². The van der Waals surface area contributed by atoms with Gasteiger partial charge in [0.15, 0.2) is 5.78 Å². The Bertz CT molecular complexity index is 4600. The van der Waals surface area contributed by atoms with Crippen LogP contribution in [0, 0.1) is 5.92 Å². The molecule has 3 heterocycles. The van der Waals surface area contributed by atoms with Crippen molar-refractivity contribution in [1.29, 1.82) is 0 Å². The number of H-pyrrole nitrogens is 1. The van der Waals surface area contributed by atoms with Gasteiger partial charge in [-0.15, -0.1) is 11.3 Å². The number of carbonyl (C=O) groups excluding carboxylic acids is 16. The van der Waals surface area contributed by atoms with Crippen LogP contribution in [-0.4, -0.2) is 253 Å². The van der Waals surface area contributed by atoms with E-state index in [1.54, 1.807) is 66.2 Å². The molecule has 634 valence electrons. The van der Waals surface area contributed by atoms with E-state index in [9.17, 15) is 121 Å². The van der Waals surface area contributed by atoms with Crippen molar-refractivity contribution in [2.24, 2.45) is 17.4 Å². The van der Waals surface area contributed by atoms with E-state index in [1.165, 1.54) is 35.6 Å². The third kappa shape index (κ3) is 28.9. The molecule has 1 saturated heterocycles. The number of aliphatic hydroxyl groups excluding tert-OH is 1. The lowest BCUT2D eigenvalue weighted by Gasteiger charge is -2.30. The van der Waals surface area contributed by atoms with Crippen molar-refractivity contribution in [3.8, 4) is 10.6 Å². The van der Waals surface area contributed by atoms with E-state index in [4.69, 9.17) is 21.9 Å². The summed E-state index contributed by atoms with van der Waals surface area (Å²) in [5, 5.41) is 80.8. The number of carbonyl (C=O) groups is 20. The number of amides is 14. The number of esters is 1. The first kappa shape index (κ1) is 93.0. The van der Waals surface area contributed by atoms with Crippen LogP contribution >= 0.6 is 11.3 Å². The van der Waals surface area contributed by atoms with E-state index in [0.717, 1.165) is 26.3 Å². The molecule has 5 aromatic rings. The van der Waals surface area contributed by atoms with Gasteiger partial charge in [-0.25, -0.2) is 9.78 Å². The number of hydrogen-bond donors (Lipinski definition) is 22. The molecule has 0 aliphatic carbocycles. The van der Waals surface area contributed by atoms with E-state index in [1.807, 2.05) is 16.0 Å². The van der Waals surface area contributed by atoms with Gasteiger partial charge in [-0.05, 0) is 62.9 Å². The molecule has 1 aliphatic rings. The Labute approximate surface area is 673 Å². The van der Waals surface area contributed by atoms with E-state index >= 15 is 0 Å². The third-order valence-corrected chi connectivity index (χ3v) is 18.7. The number of aliphatic carboxylic acids is 4. The number of aromatic amines is 1. The summed E-state index contributed by atoms with van der Waals surface area (Å²) in [5.74, 6) is -30.2. The van der Waals surface area contributed by atoms with Gasteiger partial charge in [-0.1, -0.05) is 67.6 Å². The molecule has 0 spiro atoms. The zero-order valence-corrected chi connectivity index (χ0v) is 64.3. The molecule has 13 atom stereocenters. The van der Waals surface area contributed by atoms with E-state index in [2.05, 4.69) is 63.1 Å². The van der Waals surface area contributed by atoms with Crippen LogP contribution in [0.15, 0.2) is 90.4 Å². The van der Waals surface area contributed by atoms with Crippen LogP contribution in [0.5, 0.6) is 0 Å². The van der Waals surface area contributed by atoms with Crippen molar-refractivity contribution in [1.82, 2.24) is 79.1 Å². The quantitative estimate of drug-likeness (QED) is 0.0115. The summed E-state index contributed by atoms with van der Waals surface area (Å²) in [5.41, 5.74) is 19.1. The molecule has 6 rings (SSSR count). The number of thiazole rings is 1. The predicted octanol–water partition coefficient (Wildman–Crippen LogP) is -6.40. The number of nitrogens with two attached hydrogens (primary N) is 3. The van der Waals surface area contributed by atoms with Crippen LogP contribution < -0.4 is 86.3 Å². The number of nitrogens with zero attached hydrogens (tertiary/aromatic N) is 1. The molecular formula is C73H90N18O26S. The summed E-state index contributed by atoms with van der Waals surface area (Å²) >= 11 is 1.23. The highest BCUT2D eigenvalue weighted by molar-refractivity contribution is 7.13. The van der Waals surface area contributed by atoms with Gasteiger partial charge >= 0.3 is 29.8 Å². The second-order valence-electron chi connectivity index (χ2n) is 27.1. The summed E-state index contributed by atoms with van der Waals surface area (Å²) < 4.78 is 5.69. The minimum Gasteiger partial charge on any atom is -0.481 e. The van der Waals surface area contributed by atoms with Crippen LogP contribution in [0.3, 0.4) is 0 Å². The number of carboxylic acids is 4. The molecule has 1 aliphatic heterocycles. The summed E-state index contributed by atoms with van der Waals surface area (Å²) in [7, 11) is 0. The van der Waals surface area contributed by atoms with E-state index in [-0.39, 0.29) is 37.1 Å². The molecule has 0 radical (unpaired) electrons. The molecule has 45 heteroatoms. The second-order valence-corrected chi connectivity index (χ2v) is 27.9. The summed E-state index contributed by atoms with van der Waals surface area (Å²) in [6, 6.07) is -1.95. The Balaban J connectivity index is 1.40. The monoisotopic (exact) mass is 1670 g/mol. The molecule has 2 aromatic heterocycles. The molecule has 13 unspecified atom stereocenters. The SMILES string of the molecule is CC1NC(=O)C(CC(=O)O)NC(=O)C(CCCN)NC(=O)CNC(=O)C(NC(=O)C(CC(=O)O)NC(=O)C(CC(N)=O)NC(=O)C(Cc2c[nH]c3ccccc23)NC(=O)Cc2csc(-c3ccccc3)n2)C(C)OC(=O)C(CC(=O)c2ccccc2N)NC(=O)C(C(C)CC(=O)O)NC(=O)C(CO)NC(=O)CNC(=O)C(CC(=O)O)NC1=O. The van der Waals surface area contributed by atoms with Gasteiger partial charge in [0.1, 0.15) is 77.6 Å². The largest absolute Gasteiger partial charge is 0.481 e. The fourth-order valence-corrected chi connectivity index (χ4v) is 12.6. The minimum absolute atomic E-state index is 0.102. The van der Waals surface area contributed by atoms with Gasteiger partial charge in [0, 0.05) is 52.1 Å². The molecular weight excluding hydrogens is 1580 g/mol. The van der Waals surface area contributed by atoms with Gasteiger partial charge in [-0.3, -0.25) is 91.1 Å². The molecule has 25 N–H and O–H groups in total. The fourth-order valence-electron chi connectivity index (χ4n) is 11.7. The number of carboxylic acid groups (broad SMARTS) is 4. The fraction of sp³-hybridized carbons (Fsp3) is 0.411. The average molecular weight is 1670 g/mol. The maximum Gasteiger partial charge on any atom is 0.329 e. The number of ketones is 1. The zero-order chi connectivity index (χ0) is 87.2. The summed E-state index contributed by atoms with van der Waals surface area (Å²) in [4.78, 5) is 282. The van der Waals surface area contributed by atoms with Crippen molar-refractivity contribution in [2.45, 2.75) is 158 Å². The van der Waals surface area contributed by atoms with Crippen molar-refractivity contribution < 1.29 is 126 Å². The van der Waals surface area contributed by atoms with Gasteiger partial charge in [0.05, 0.1) is 63.9 Å². The van der Waals surface area contributed by atoms with E-state index < -0.39 is 261 Å². The number of Topliss-reactive ketones (excluding diaryl/α,β-unsaturated/α-hetero) is 1. The third-order valence-electron chi connectivity index (χ3n) is 17.8. The number of nitrogen functional groups attached to an aromatic ring is 1. The van der Waals surface area contributed by atoms with E-state index in [0.29, 0.717) is 27.2 Å². The smallest absolute Gasteiger partial charge is 0.329 e. The Morgan fingerprint density at radius 1 is 0.585 bits per heavy atom. The van der Waals surface area contributed by atoms with Crippen LogP contribution in [-0.2, 0) is 109 Å². The van der Waals surface area contributed by atoms with Crippen LogP contribution in [0.2, 0.25) is 0 Å². The number of fused-ring (bicyclic) bond motifs is 1. The number of anilines is 1. The molecule has 118 heavy (non-hydrogen) atoms. The standard InChI is InChI=1S/C73H90N18O26S/c1-33(20-56(98)99)60-71(115)89-49(23-51(93)40-15-7-9-16-41(40)75)73(116)117-35(3)61(70(114)79-30-54(96)82-43(18-11-19-74)64(108)87-47(26-58(102)103)65(109)80-34(2)62(106)85-46(25-57(100)101)63(107)78-29-55(97)84-50(31-92)69(113)90-60)91-68(112)48(27-59(104)105)88-67(111)45(24-52(76)94)86-66(110)44(21-37-28-77-42-17-10-8-14-39(37)42)83-53(95)22-38-32-118-72(81-38)36-12-5-4-6-13-36/h4-10,12-17,28,32-35,43-50,60-61,77,92H,11,18-27,29-31,74-75H2,1-3H3,(H2,76,94)(H,78,107)(H,79,114)(H,80,109)(H,82,96)(H,83,95)(H,84,97)(H,85,106)(H,86,110)(H,87,108)(H,88,111)(H,89,115)(H,90,113)(H,91,112)(H,98,99)(H,100,101)(H,102,103)(H,104,105). The molecule has 0 saturated carbocycles. The Morgan fingerprint density at radius 3 is 1.76 bits per heavy atom. The first-order chi connectivity index (χ1) is 55.8. The highest BCUT2D eigenvalue weighted by Crippen LogP contribution is 2.25. The number of aromatic nitrogens is 2. The zero-order valence-electron chi connectivity index (χ0n) is 63.5. The van der Waals surface area contributed by atoms with Crippen molar-refractivity contribution in [2.75, 3.05) is 32.0 Å². The van der Waals surface area contributed by atoms with Crippen molar-refractivity contribution >= 4 is 146 Å². The lowest BCUT2D eigenvalue weighted by molar-refractivity contribution is -0.156. The Morgan fingerprint density at radius 2 is 1.14 bits per heavy atom. The number of nitrogens with one attached hydrogen (secondary N) is 14. The number of aliphatic hydroxyl groups is 1. The van der Waals surface area contributed by atoms with Crippen molar-refractivity contribution in [3.63, 3.8) is 0 Å². The molecule has 0 bridgehead atoms. The first-order valence-electron chi connectivity index (χ1n) is 36.3. The number of hydrogen-bond acceptors (Lipinski definition) is 26. The number of ether oxygens (including phenoxy) is 1. The summed E-state index contributed by atoms with van der Waals surface area (Å²) in [6.45, 7) is -1.00. The highest BCUT2D eigenvalue weighted by Gasteiger charge is 2.41. The van der Waals surface area contributed by atoms with Crippen LogP contribution in [0.1, 0.15) is 93.8 Å². The number of rotatable bonds is 30. The number of primary amides is 1. The number of benzene rings is 3. The summed E-state index contributed by atoms with van der Waals surface area (Å²) in [6.07, 6.45) is -8.90. The average Bonchev–Trinajstić information content (AvgIpc) is 1.62.